The van der Waals surface area contributed by atoms with Crippen LogP contribution in [0.2, 0.25) is 0 Å². The van der Waals surface area contributed by atoms with Crippen molar-refractivity contribution in [2.45, 2.75) is 19.0 Å². The summed E-state index contributed by atoms with van der Waals surface area (Å²) in [6.45, 7) is 3.50. The molecular weight excluding hydrogens is 386 g/mol. The standard InChI is InChI=1S/C21H19N5O2S/c1-13-11-19-24-25-21(26(19)18-6-4-3-5-17(13)18)29-12-20(28)23-16-9-7-15(8-10-16)22-14(2)27/h3-11H,12H2,1-2H3,(H,22,27)(H,23,28). The second-order valence-electron chi connectivity index (χ2n) is 6.62. The van der Waals surface area contributed by atoms with E-state index in [4.69, 9.17) is 0 Å². The fourth-order valence-electron chi connectivity index (χ4n) is 3.14. The molecule has 0 aliphatic heterocycles. The topological polar surface area (TPSA) is 88.4 Å². The summed E-state index contributed by atoms with van der Waals surface area (Å²) in [6, 6.07) is 17.0. The SMILES string of the molecule is CC(=O)Nc1ccc(NC(=O)CSc2nnc3cc(C)c4ccccc4n23)cc1. The van der Waals surface area contributed by atoms with E-state index >= 15 is 0 Å². The molecule has 7 nitrogen and oxygen atoms in total. The second kappa shape index (κ2) is 7.92. The molecule has 0 unspecified atom stereocenters. The molecule has 29 heavy (non-hydrogen) atoms. The van der Waals surface area contributed by atoms with E-state index in [0.29, 0.717) is 16.5 Å². The second-order valence-corrected chi connectivity index (χ2v) is 7.56. The number of hydrogen-bond donors (Lipinski definition) is 2. The van der Waals surface area contributed by atoms with Gasteiger partial charge in [0.2, 0.25) is 11.8 Å². The highest BCUT2D eigenvalue weighted by atomic mass is 32.2. The number of benzene rings is 2. The van der Waals surface area contributed by atoms with Crippen LogP contribution >= 0.6 is 11.8 Å². The summed E-state index contributed by atoms with van der Waals surface area (Å²) in [6.07, 6.45) is 0. The Morgan fingerprint density at radius 3 is 2.41 bits per heavy atom. The average Bonchev–Trinajstić information content (AvgIpc) is 3.11. The van der Waals surface area contributed by atoms with Gasteiger partial charge in [-0.2, -0.15) is 0 Å². The number of anilines is 2. The normalized spacial score (nSPS) is 11.0. The van der Waals surface area contributed by atoms with E-state index in [1.165, 1.54) is 18.7 Å². The average molecular weight is 405 g/mol. The number of thioether (sulfide) groups is 1. The minimum atomic E-state index is -0.143. The maximum Gasteiger partial charge on any atom is 0.234 e. The molecule has 0 saturated carbocycles. The molecule has 0 aliphatic carbocycles. The van der Waals surface area contributed by atoms with Gasteiger partial charge in [0, 0.05) is 23.7 Å². The van der Waals surface area contributed by atoms with Gasteiger partial charge in [0.25, 0.3) is 0 Å². The molecule has 2 amide bonds. The first-order valence-electron chi connectivity index (χ1n) is 9.05. The molecule has 8 heteroatoms. The van der Waals surface area contributed by atoms with Crippen LogP contribution in [0.1, 0.15) is 12.5 Å². The number of aryl methyl sites for hydroxylation is 1. The summed E-state index contributed by atoms with van der Waals surface area (Å²) < 4.78 is 1.97. The number of rotatable bonds is 5. The van der Waals surface area contributed by atoms with Crippen LogP contribution in [-0.2, 0) is 9.59 Å². The number of carbonyl (C=O) groups is 2. The minimum Gasteiger partial charge on any atom is -0.326 e. The summed E-state index contributed by atoms with van der Waals surface area (Å²) in [5, 5.41) is 15.9. The van der Waals surface area contributed by atoms with Crippen LogP contribution in [0.25, 0.3) is 16.6 Å². The van der Waals surface area contributed by atoms with Crippen molar-refractivity contribution in [2.24, 2.45) is 0 Å². The van der Waals surface area contributed by atoms with Gasteiger partial charge in [0.1, 0.15) is 0 Å². The lowest BCUT2D eigenvalue weighted by molar-refractivity contribution is -0.114. The van der Waals surface area contributed by atoms with Crippen LogP contribution in [0.4, 0.5) is 11.4 Å². The van der Waals surface area contributed by atoms with E-state index in [1.54, 1.807) is 24.3 Å². The molecule has 2 N–H and O–H groups in total. The Morgan fingerprint density at radius 1 is 1.00 bits per heavy atom. The Balaban J connectivity index is 1.48. The van der Waals surface area contributed by atoms with Crippen molar-refractivity contribution in [3.63, 3.8) is 0 Å². The zero-order valence-corrected chi connectivity index (χ0v) is 16.8. The van der Waals surface area contributed by atoms with Crippen LogP contribution in [0, 0.1) is 6.92 Å². The summed E-state index contributed by atoms with van der Waals surface area (Å²) in [4.78, 5) is 23.4. The lowest BCUT2D eigenvalue weighted by Gasteiger charge is -2.08. The zero-order valence-electron chi connectivity index (χ0n) is 16.0. The minimum absolute atomic E-state index is 0.138. The third-order valence-corrected chi connectivity index (χ3v) is 5.32. The fourth-order valence-corrected chi connectivity index (χ4v) is 3.89. The summed E-state index contributed by atoms with van der Waals surface area (Å²) >= 11 is 1.34. The lowest BCUT2D eigenvalue weighted by atomic mass is 10.1. The molecule has 0 atom stereocenters. The van der Waals surface area contributed by atoms with E-state index in [1.807, 2.05) is 28.7 Å². The van der Waals surface area contributed by atoms with Gasteiger partial charge in [-0.3, -0.25) is 14.0 Å². The van der Waals surface area contributed by atoms with E-state index in [-0.39, 0.29) is 17.6 Å². The smallest absolute Gasteiger partial charge is 0.234 e. The Hall–Kier alpha value is -3.39. The molecule has 0 fully saturated rings. The third kappa shape index (κ3) is 4.07. The van der Waals surface area contributed by atoms with Crippen LogP contribution in [0.3, 0.4) is 0 Å². The monoisotopic (exact) mass is 405 g/mol. The summed E-state index contributed by atoms with van der Waals surface area (Å²) in [7, 11) is 0. The van der Waals surface area contributed by atoms with Crippen molar-refractivity contribution in [1.29, 1.82) is 0 Å². The Morgan fingerprint density at radius 2 is 1.69 bits per heavy atom. The maximum atomic E-state index is 12.4. The summed E-state index contributed by atoms with van der Waals surface area (Å²) in [5.41, 5.74) is 4.26. The number of carbonyl (C=O) groups excluding carboxylic acids is 2. The van der Waals surface area contributed by atoms with Gasteiger partial charge < -0.3 is 10.6 Å². The van der Waals surface area contributed by atoms with E-state index in [2.05, 4.69) is 33.8 Å². The van der Waals surface area contributed by atoms with Crippen LogP contribution in [0.5, 0.6) is 0 Å². The maximum absolute atomic E-state index is 12.4. The molecule has 146 valence electrons. The number of para-hydroxylation sites is 1. The van der Waals surface area contributed by atoms with E-state index in [0.717, 1.165) is 22.1 Å². The third-order valence-electron chi connectivity index (χ3n) is 4.40. The van der Waals surface area contributed by atoms with Crippen molar-refractivity contribution < 1.29 is 9.59 Å². The Bertz CT molecular complexity index is 1220. The molecule has 0 saturated heterocycles. The van der Waals surface area contributed by atoms with Gasteiger partial charge in [-0.25, -0.2) is 0 Å². The van der Waals surface area contributed by atoms with Crippen molar-refractivity contribution in [2.75, 3.05) is 16.4 Å². The van der Waals surface area contributed by atoms with Gasteiger partial charge in [-0.1, -0.05) is 30.0 Å². The quantitative estimate of drug-likeness (QED) is 0.492. The first kappa shape index (κ1) is 18.9. The Labute approximate surface area is 171 Å². The number of hydrogen-bond acceptors (Lipinski definition) is 5. The van der Waals surface area contributed by atoms with E-state index in [9.17, 15) is 9.59 Å². The van der Waals surface area contributed by atoms with Crippen molar-refractivity contribution >= 4 is 51.5 Å². The molecule has 4 aromatic rings. The molecule has 4 rings (SSSR count). The highest BCUT2D eigenvalue weighted by Crippen LogP contribution is 2.25. The largest absolute Gasteiger partial charge is 0.326 e. The number of aromatic nitrogens is 3. The highest BCUT2D eigenvalue weighted by Gasteiger charge is 2.13. The number of amides is 2. The molecular formula is C21H19N5O2S. The molecule has 2 aromatic heterocycles. The fraction of sp³-hybridized carbons (Fsp3) is 0.143. The molecule has 0 radical (unpaired) electrons. The van der Waals surface area contributed by atoms with Gasteiger partial charge in [0.05, 0.1) is 11.3 Å². The van der Waals surface area contributed by atoms with E-state index < -0.39 is 0 Å². The molecule has 0 aliphatic rings. The molecule has 2 aromatic carbocycles. The lowest BCUT2D eigenvalue weighted by Crippen LogP contribution is -2.14. The van der Waals surface area contributed by atoms with Gasteiger partial charge in [-0.15, -0.1) is 10.2 Å². The van der Waals surface area contributed by atoms with Crippen LogP contribution in [0.15, 0.2) is 59.8 Å². The molecule has 0 bridgehead atoms. The Kier molecular flexibility index (Phi) is 5.18. The van der Waals surface area contributed by atoms with Gasteiger partial charge >= 0.3 is 0 Å². The summed E-state index contributed by atoms with van der Waals surface area (Å²) in [5.74, 6) is -0.0759. The van der Waals surface area contributed by atoms with Crippen molar-refractivity contribution in [3.8, 4) is 0 Å². The van der Waals surface area contributed by atoms with Gasteiger partial charge in [0.15, 0.2) is 10.8 Å². The predicted molar refractivity (Wildman–Crippen MR) is 115 cm³/mol. The number of pyridine rings is 1. The molecule has 0 spiro atoms. The highest BCUT2D eigenvalue weighted by molar-refractivity contribution is 7.99. The van der Waals surface area contributed by atoms with Crippen molar-refractivity contribution in [1.82, 2.24) is 14.6 Å². The zero-order chi connectivity index (χ0) is 20.4. The van der Waals surface area contributed by atoms with Gasteiger partial charge in [-0.05, 0) is 48.9 Å². The predicted octanol–water partition coefficient (Wildman–Crippen LogP) is 3.88. The number of nitrogens with one attached hydrogen (secondary N) is 2. The first-order valence-corrected chi connectivity index (χ1v) is 10.0. The van der Waals surface area contributed by atoms with Crippen LogP contribution in [-0.4, -0.2) is 32.2 Å². The number of fused-ring (bicyclic) bond motifs is 3. The molecule has 2 heterocycles. The number of nitrogens with zero attached hydrogens (tertiary/aromatic N) is 3. The van der Waals surface area contributed by atoms with Crippen molar-refractivity contribution in [3.05, 3.63) is 60.2 Å². The first-order chi connectivity index (χ1) is 14.0. The van der Waals surface area contributed by atoms with Crippen LogP contribution < -0.4 is 10.6 Å².